The first-order valence-electron chi connectivity index (χ1n) is 6.90. The summed E-state index contributed by atoms with van der Waals surface area (Å²) in [7, 11) is 1.35. The first-order chi connectivity index (χ1) is 10.5. The van der Waals surface area contributed by atoms with E-state index >= 15 is 0 Å². The minimum atomic E-state index is -0.277. The van der Waals surface area contributed by atoms with Crippen LogP contribution in [0, 0.1) is 6.92 Å². The number of esters is 1. The Bertz CT molecular complexity index is 623. The van der Waals surface area contributed by atoms with Gasteiger partial charge in [0.25, 0.3) is 5.91 Å². The summed E-state index contributed by atoms with van der Waals surface area (Å²) in [6.07, 6.45) is 2.67. The second kappa shape index (κ2) is 7.56. The minimum Gasteiger partial charge on any atom is -0.469 e. The maximum Gasteiger partial charge on any atom is 0.305 e. The van der Waals surface area contributed by atoms with Gasteiger partial charge in [0.1, 0.15) is 4.32 Å². The van der Waals surface area contributed by atoms with Crippen molar-refractivity contribution in [3.8, 4) is 0 Å². The first-order valence-corrected chi connectivity index (χ1v) is 8.12. The largest absolute Gasteiger partial charge is 0.469 e. The van der Waals surface area contributed by atoms with E-state index in [2.05, 4.69) is 4.74 Å². The molecule has 6 heteroatoms. The Morgan fingerprint density at radius 1 is 1.36 bits per heavy atom. The van der Waals surface area contributed by atoms with Gasteiger partial charge in [-0.05, 0) is 25.0 Å². The lowest BCUT2D eigenvalue weighted by molar-refractivity contribution is -0.141. The van der Waals surface area contributed by atoms with Crippen LogP contribution in [0.4, 0.5) is 0 Å². The predicted molar refractivity (Wildman–Crippen MR) is 92.3 cm³/mol. The van der Waals surface area contributed by atoms with Gasteiger partial charge in [-0.25, -0.2) is 0 Å². The molecule has 0 spiro atoms. The molecule has 4 nitrogen and oxygen atoms in total. The van der Waals surface area contributed by atoms with E-state index in [9.17, 15) is 9.59 Å². The van der Waals surface area contributed by atoms with Crippen molar-refractivity contribution in [2.75, 3.05) is 13.7 Å². The van der Waals surface area contributed by atoms with Crippen LogP contribution in [0.2, 0.25) is 0 Å². The van der Waals surface area contributed by atoms with Gasteiger partial charge < -0.3 is 4.74 Å². The van der Waals surface area contributed by atoms with Gasteiger partial charge in [0.2, 0.25) is 0 Å². The van der Waals surface area contributed by atoms with Crippen LogP contribution in [0.1, 0.15) is 24.0 Å². The Morgan fingerprint density at radius 3 is 2.68 bits per heavy atom. The summed E-state index contributed by atoms with van der Waals surface area (Å²) in [5.41, 5.74) is 2.15. The van der Waals surface area contributed by atoms with Gasteiger partial charge in [0.15, 0.2) is 0 Å². The molecule has 116 valence electrons. The lowest BCUT2D eigenvalue weighted by atomic mass is 10.1. The SMILES string of the molecule is COC(=O)CCCN1C(=O)C(=Cc2ccc(C)cc2)SC1=S. The smallest absolute Gasteiger partial charge is 0.305 e. The van der Waals surface area contributed by atoms with Crippen LogP contribution in [0.15, 0.2) is 29.2 Å². The van der Waals surface area contributed by atoms with E-state index in [4.69, 9.17) is 12.2 Å². The summed E-state index contributed by atoms with van der Waals surface area (Å²) < 4.78 is 5.12. The number of carbonyl (C=O) groups excluding carboxylic acids is 2. The van der Waals surface area contributed by atoms with Crippen molar-refractivity contribution in [2.24, 2.45) is 0 Å². The highest BCUT2D eigenvalue weighted by molar-refractivity contribution is 8.26. The maximum atomic E-state index is 12.4. The third kappa shape index (κ3) is 4.18. The third-order valence-corrected chi connectivity index (χ3v) is 4.62. The summed E-state index contributed by atoms with van der Waals surface area (Å²) >= 11 is 6.55. The molecule has 1 fully saturated rings. The summed E-state index contributed by atoms with van der Waals surface area (Å²) in [5, 5.41) is 0. The molecule has 1 aliphatic rings. The van der Waals surface area contributed by atoms with Crippen molar-refractivity contribution in [1.29, 1.82) is 0 Å². The van der Waals surface area contributed by atoms with E-state index < -0.39 is 0 Å². The zero-order valence-corrected chi connectivity index (χ0v) is 14.1. The molecule has 0 bridgehead atoms. The average Bonchev–Trinajstić information content (AvgIpc) is 2.76. The van der Waals surface area contributed by atoms with Crippen molar-refractivity contribution in [3.63, 3.8) is 0 Å². The number of ether oxygens (including phenoxy) is 1. The van der Waals surface area contributed by atoms with Gasteiger partial charge >= 0.3 is 5.97 Å². The molecule has 0 saturated carbocycles. The zero-order chi connectivity index (χ0) is 16.1. The number of rotatable bonds is 5. The third-order valence-electron chi connectivity index (χ3n) is 3.24. The standard InChI is InChI=1S/C16H17NO3S2/c1-11-5-7-12(8-6-11)10-13-15(19)17(16(21)22-13)9-3-4-14(18)20-2/h5-8,10H,3-4,9H2,1-2H3. The number of hydrogen-bond donors (Lipinski definition) is 0. The van der Waals surface area contributed by atoms with Crippen LogP contribution >= 0.6 is 24.0 Å². The molecule has 0 aromatic heterocycles. The van der Waals surface area contributed by atoms with E-state index in [1.54, 1.807) is 4.90 Å². The van der Waals surface area contributed by atoms with Crippen molar-refractivity contribution >= 4 is 46.3 Å². The molecule has 1 heterocycles. The number of benzene rings is 1. The van der Waals surface area contributed by atoms with E-state index in [1.165, 1.54) is 24.4 Å². The number of thioether (sulfide) groups is 1. The number of amides is 1. The highest BCUT2D eigenvalue weighted by atomic mass is 32.2. The molecule has 2 rings (SSSR count). The number of hydrogen-bond acceptors (Lipinski definition) is 5. The Balaban J connectivity index is 2.02. The predicted octanol–water partition coefficient (Wildman–Crippen LogP) is 3.15. The van der Waals surface area contributed by atoms with E-state index in [1.807, 2.05) is 37.3 Å². The second-order valence-electron chi connectivity index (χ2n) is 4.92. The van der Waals surface area contributed by atoms with Crippen LogP contribution < -0.4 is 0 Å². The topological polar surface area (TPSA) is 46.6 Å². The van der Waals surface area contributed by atoms with Crippen molar-refractivity contribution in [3.05, 3.63) is 40.3 Å². The lowest BCUT2D eigenvalue weighted by Gasteiger charge is -2.13. The fraction of sp³-hybridized carbons (Fsp3) is 0.312. The van der Waals surface area contributed by atoms with E-state index in [0.29, 0.717) is 22.2 Å². The Hall–Kier alpha value is -1.66. The summed E-state index contributed by atoms with van der Waals surface area (Å²) in [6.45, 7) is 2.45. The number of thiocarbonyl (C=S) groups is 1. The van der Waals surface area contributed by atoms with Crippen LogP contribution in [0.3, 0.4) is 0 Å². The normalized spacial score (nSPS) is 16.5. The monoisotopic (exact) mass is 335 g/mol. The molecule has 0 atom stereocenters. The molecular formula is C16H17NO3S2. The van der Waals surface area contributed by atoms with Crippen molar-refractivity contribution < 1.29 is 14.3 Å². The van der Waals surface area contributed by atoms with Gasteiger partial charge in [-0.2, -0.15) is 0 Å². The van der Waals surface area contributed by atoms with Gasteiger partial charge in [-0.1, -0.05) is 53.8 Å². The molecule has 0 aliphatic carbocycles. The summed E-state index contributed by atoms with van der Waals surface area (Å²) in [6, 6.07) is 7.95. The van der Waals surface area contributed by atoms with E-state index in [-0.39, 0.29) is 18.3 Å². The van der Waals surface area contributed by atoms with Gasteiger partial charge in [-0.3, -0.25) is 14.5 Å². The lowest BCUT2D eigenvalue weighted by Crippen LogP contribution is -2.29. The van der Waals surface area contributed by atoms with Crippen LogP contribution in [-0.4, -0.2) is 34.8 Å². The quantitative estimate of drug-likeness (QED) is 0.470. The average molecular weight is 335 g/mol. The highest BCUT2D eigenvalue weighted by Crippen LogP contribution is 2.32. The first kappa shape index (κ1) is 16.7. The number of aryl methyl sites for hydroxylation is 1. The number of nitrogens with zero attached hydrogens (tertiary/aromatic N) is 1. The van der Waals surface area contributed by atoms with Crippen molar-refractivity contribution in [2.45, 2.75) is 19.8 Å². The molecule has 1 aromatic rings. The molecular weight excluding hydrogens is 318 g/mol. The van der Waals surface area contributed by atoms with Gasteiger partial charge in [0.05, 0.1) is 12.0 Å². The van der Waals surface area contributed by atoms with Crippen molar-refractivity contribution in [1.82, 2.24) is 4.90 Å². The number of carbonyl (C=O) groups is 2. The Morgan fingerprint density at radius 2 is 2.05 bits per heavy atom. The number of methoxy groups -OCH3 is 1. The van der Waals surface area contributed by atoms with Crippen LogP contribution in [0.25, 0.3) is 6.08 Å². The Kier molecular flexibility index (Phi) is 5.74. The van der Waals surface area contributed by atoms with E-state index in [0.717, 1.165) is 5.56 Å². The molecule has 1 amide bonds. The molecule has 0 unspecified atom stereocenters. The molecule has 1 saturated heterocycles. The maximum absolute atomic E-state index is 12.4. The molecule has 1 aromatic carbocycles. The summed E-state index contributed by atoms with van der Waals surface area (Å²) in [4.78, 5) is 25.6. The molecule has 0 N–H and O–H groups in total. The van der Waals surface area contributed by atoms with Crippen LogP contribution in [-0.2, 0) is 14.3 Å². The molecule has 0 radical (unpaired) electrons. The molecule has 1 aliphatic heterocycles. The fourth-order valence-corrected chi connectivity index (χ4v) is 3.30. The van der Waals surface area contributed by atoms with Gasteiger partial charge in [0, 0.05) is 13.0 Å². The van der Waals surface area contributed by atoms with Gasteiger partial charge in [-0.15, -0.1) is 0 Å². The fourth-order valence-electron chi connectivity index (χ4n) is 1.99. The highest BCUT2D eigenvalue weighted by Gasteiger charge is 2.31. The minimum absolute atomic E-state index is 0.0968. The summed E-state index contributed by atoms with van der Waals surface area (Å²) in [5.74, 6) is -0.374. The second-order valence-corrected chi connectivity index (χ2v) is 6.60. The Labute approximate surface area is 139 Å². The molecule has 22 heavy (non-hydrogen) atoms. The van der Waals surface area contributed by atoms with Crippen LogP contribution in [0.5, 0.6) is 0 Å². The zero-order valence-electron chi connectivity index (χ0n) is 12.5.